The zero-order valence-corrected chi connectivity index (χ0v) is 11.5. The van der Waals surface area contributed by atoms with E-state index in [0.717, 1.165) is 6.42 Å². The van der Waals surface area contributed by atoms with Gasteiger partial charge in [0.05, 0.1) is 12.3 Å². The molecular formula is C12H22N4O2. The minimum Gasteiger partial charge on any atom is -0.396 e. The Labute approximate surface area is 108 Å². The molecule has 0 saturated carbocycles. The number of nitrogen functional groups attached to an aromatic ring is 1. The highest BCUT2D eigenvalue weighted by molar-refractivity contribution is 5.97. The van der Waals surface area contributed by atoms with Crippen LogP contribution in [0.1, 0.15) is 30.8 Å². The summed E-state index contributed by atoms with van der Waals surface area (Å²) in [6, 6.07) is 0.133. The highest BCUT2D eigenvalue weighted by Gasteiger charge is 2.24. The lowest BCUT2D eigenvalue weighted by molar-refractivity contribution is 0.0608. The van der Waals surface area contributed by atoms with Crippen LogP contribution in [0, 0.1) is 0 Å². The van der Waals surface area contributed by atoms with Gasteiger partial charge in [0.2, 0.25) is 0 Å². The van der Waals surface area contributed by atoms with E-state index in [4.69, 9.17) is 10.5 Å². The van der Waals surface area contributed by atoms with Crippen molar-refractivity contribution >= 4 is 11.6 Å². The molecule has 0 fully saturated rings. The molecular weight excluding hydrogens is 232 g/mol. The van der Waals surface area contributed by atoms with E-state index in [1.54, 1.807) is 29.9 Å². The fourth-order valence-electron chi connectivity index (χ4n) is 1.74. The summed E-state index contributed by atoms with van der Waals surface area (Å²) in [7, 11) is 3.37. The maximum atomic E-state index is 12.4. The molecule has 1 aromatic rings. The van der Waals surface area contributed by atoms with Gasteiger partial charge in [-0.3, -0.25) is 9.48 Å². The second-order valence-corrected chi connectivity index (χ2v) is 4.36. The Morgan fingerprint density at radius 3 is 2.78 bits per heavy atom. The Hall–Kier alpha value is -1.56. The van der Waals surface area contributed by atoms with Crippen LogP contribution >= 0.6 is 0 Å². The minimum absolute atomic E-state index is 0.133. The molecule has 0 aromatic carbocycles. The standard InChI is InChI=1S/C12H22N4O2/c1-5-9(2)16(6-7-18-4)12(17)11-10(13)8-15(3)14-11/h8-9H,5-7,13H2,1-4H3. The number of hydrogen-bond acceptors (Lipinski definition) is 4. The average Bonchev–Trinajstić information content (AvgIpc) is 2.68. The van der Waals surface area contributed by atoms with Crippen molar-refractivity contribution in [1.29, 1.82) is 0 Å². The van der Waals surface area contributed by atoms with Crippen LogP contribution in [0.15, 0.2) is 6.20 Å². The summed E-state index contributed by atoms with van der Waals surface area (Å²) in [5.74, 6) is -0.139. The van der Waals surface area contributed by atoms with E-state index in [2.05, 4.69) is 5.10 Å². The molecule has 1 unspecified atom stereocenters. The number of ether oxygens (including phenoxy) is 1. The first-order valence-electron chi connectivity index (χ1n) is 6.10. The fraction of sp³-hybridized carbons (Fsp3) is 0.667. The zero-order valence-electron chi connectivity index (χ0n) is 11.5. The number of nitrogens with zero attached hydrogens (tertiary/aromatic N) is 3. The van der Waals surface area contributed by atoms with Gasteiger partial charge in [-0.15, -0.1) is 0 Å². The van der Waals surface area contributed by atoms with Crippen LogP contribution in [-0.2, 0) is 11.8 Å². The smallest absolute Gasteiger partial charge is 0.276 e. The normalized spacial score (nSPS) is 12.4. The molecule has 18 heavy (non-hydrogen) atoms. The van der Waals surface area contributed by atoms with Crippen LogP contribution in [0.2, 0.25) is 0 Å². The number of methoxy groups -OCH3 is 1. The summed E-state index contributed by atoms with van der Waals surface area (Å²) in [4.78, 5) is 14.2. The van der Waals surface area contributed by atoms with E-state index in [-0.39, 0.29) is 11.9 Å². The molecule has 0 aliphatic rings. The van der Waals surface area contributed by atoms with Crippen LogP contribution in [0.4, 0.5) is 5.69 Å². The molecule has 0 saturated heterocycles. The molecule has 0 bridgehead atoms. The second-order valence-electron chi connectivity index (χ2n) is 4.36. The SMILES string of the molecule is CCC(C)N(CCOC)C(=O)c1nn(C)cc1N. The van der Waals surface area contributed by atoms with Gasteiger partial charge in [0.1, 0.15) is 0 Å². The molecule has 2 N–H and O–H groups in total. The number of hydrogen-bond donors (Lipinski definition) is 1. The van der Waals surface area contributed by atoms with Crippen molar-refractivity contribution in [2.45, 2.75) is 26.3 Å². The molecule has 6 nitrogen and oxygen atoms in total. The van der Waals surface area contributed by atoms with Crippen molar-refractivity contribution in [3.63, 3.8) is 0 Å². The van der Waals surface area contributed by atoms with Crippen molar-refractivity contribution in [3.8, 4) is 0 Å². The van der Waals surface area contributed by atoms with E-state index in [0.29, 0.717) is 24.5 Å². The highest BCUT2D eigenvalue weighted by Crippen LogP contribution is 2.14. The number of carbonyl (C=O) groups excluding carboxylic acids is 1. The molecule has 1 amide bonds. The number of nitrogens with two attached hydrogens (primary N) is 1. The molecule has 1 aromatic heterocycles. The minimum atomic E-state index is -0.139. The zero-order chi connectivity index (χ0) is 13.7. The number of rotatable bonds is 6. The summed E-state index contributed by atoms with van der Waals surface area (Å²) >= 11 is 0. The predicted octanol–water partition coefficient (Wildman–Crippen LogP) is 0.889. The Bertz CT molecular complexity index is 403. The lowest BCUT2D eigenvalue weighted by Gasteiger charge is -2.27. The third kappa shape index (κ3) is 3.22. The van der Waals surface area contributed by atoms with Crippen LogP contribution in [0.25, 0.3) is 0 Å². The van der Waals surface area contributed by atoms with Crippen molar-refractivity contribution in [3.05, 3.63) is 11.9 Å². The molecule has 1 rings (SSSR count). The van der Waals surface area contributed by atoms with Crippen molar-refractivity contribution in [2.24, 2.45) is 7.05 Å². The lowest BCUT2D eigenvalue weighted by Crippen LogP contribution is -2.41. The van der Waals surface area contributed by atoms with Crippen LogP contribution in [-0.4, -0.2) is 46.9 Å². The monoisotopic (exact) mass is 254 g/mol. The summed E-state index contributed by atoms with van der Waals surface area (Å²) in [5, 5.41) is 4.12. The molecule has 102 valence electrons. The van der Waals surface area contributed by atoms with Gasteiger partial charge >= 0.3 is 0 Å². The maximum Gasteiger partial charge on any atom is 0.276 e. The second kappa shape index (κ2) is 6.39. The largest absolute Gasteiger partial charge is 0.396 e. The van der Waals surface area contributed by atoms with Gasteiger partial charge in [-0.2, -0.15) is 5.10 Å². The van der Waals surface area contributed by atoms with Gasteiger partial charge in [-0.05, 0) is 13.3 Å². The first-order valence-corrected chi connectivity index (χ1v) is 6.10. The molecule has 0 aliphatic heterocycles. The molecule has 0 aliphatic carbocycles. The molecule has 6 heteroatoms. The number of amides is 1. The number of aryl methyl sites for hydroxylation is 1. The Kier molecular flexibility index (Phi) is 5.15. The van der Waals surface area contributed by atoms with Crippen LogP contribution < -0.4 is 5.73 Å². The number of anilines is 1. The van der Waals surface area contributed by atoms with E-state index in [9.17, 15) is 4.79 Å². The van der Waals surface area contributed by atoms with Gasteiger partial charge in [-0.1, -0.05) is 6.92 Å². The van der Waals surface area contributed by atoms with Gasteiger partial charge in [0.25, 0.3) is 5.91 Å². The number of carbonyl (C=O) groups is 1. The topological polar surface area (TPSA) is 73.4 Å². The van der Waals surface area contributed by atoms with E-state index >= 15 is 0 Å². The molecule has 1 atom stereocenters. The molecule has 0 spiro atoms. The van der Waals surface area contributed by atoms with Gasteiger partial charge in [0, 0.05) is 32.9 Å². The Morgan fingerprint density at radius 2 is 2.33 bits per heavy atom. The van der Waals surface area contributed by atoms with E-state index < -0.39 is 0 Å². The first-order chi connectivity index (χ1) is 8.51. The Balaban J connectivity index is 2.91. The van der Waals surface area contributed by atoms with Crippen LogP contribution in [0.5, 0.6) is 0 Å². The summed E-state index contributed by atoms with van der Waals surface area (Å²) in [6.45, 7) is 5.09. The quantitative estimate of drug-likeness (QED) is 0.818. The summed E-state index contributed by atoms with van der Waals surface area (Å²) in [5.41, 5.74) is 6.51. The van der Waals surface area contributed by atoms with E-state index in [1.807, 2.05) is 13.8 Å². The van der Waals surface area contributed by atoms with Crippen molar-refractivity contribution in [2.75, 3.05) is 26.0 Å². The van der Waals surface area contributed by atoms with Gasteiger partial charge < -0.3 is 15.4 Å². The number of aromatic nitrogens is 2. The van der Waals surface area contributed by atoms with Gasteiger partial charge in [0.15, 0.2) is 5.69 Å². The van der Waals surface area contributed by atoms with Crippen molar-refractivity contribution in [1.82, 2.24) is 14.7 Å². The third-order valence-electron chi connectivity index (χ3n) is 2.98. The first kappa shape index (κ1) is 14.5. The third-order valence-corrected chi connectivity index (χ3v) is 2.98. The Morgan fingerprint density at radius 1 is 1.67 bits per heavy atom. The summed E-state index contributed by atoms with van der Waals surface area (Å²) in [6.07, 6.45) is 2.51. The van der Waals surface area contributed by atoms with Crippen LogP contribution in [0.3, 0.4) is 0 Å². The van der Waals surface area contributed by atoms with E-state index in [1.165, 1.54) is 0 Å². The fourth-order valence-corrected chi connectivity index (χ4v) is 1.74. The summed E-state index contributed by atoms with van der Waals surface area (Å²) < 4.78 is 6.59. The van der Waals surface area contributed by atoms with Crippen molar-refractivity contribution < 1.29 is 9.53 Å². The highest BCUT2D eigenvalue weighted by atomic mass is 16.5. The molecule has 1 heterocycles. The van der Waals surface area contributed by atoms with Gasteiger partial charge in [-0.25, -0.2) is 0 Å². The lowest BCUT2D eigenvalue weighted by atomic mass is 10.2. The average molecular weight is 254 g/mol. The predicted molar refractivity (Wildman–Crippen MR) is 70.3 cm³/mol. The maximum absolute atomic E-state index is 12.4. The molecule has 0 radical (unpaired) electrons.